The summed E-state index contributed by atoms with van der Waals surface area (Å²) in [5.41, 5.74) is 0.107. The number of hydrogen-bond acceptors (Lipinski definition) is 5. The first kappa shape index (κ1) is 21.3. The Hall–Kier alpha value is -3.43. The van der Waals surface area contributed by atoms with Crippen LogP contribution in [0.15, 0.2) is 83.8 Å². The Kier molecular flexibility index (Phi) is 6.34. The van der Waals surface area contributed by atoms with Gasteiger partial charge < -0.3 is 5.32 Å². The molecule has 0 aliphatic carbocycles. The predicted molar refractivity (Wildman–Crippen MR) is 114 cm³/mol. The molecule has 0 bridgehead atoms. The maximum Gasteiger partial charge on any atom is 0.271 e. The van der Waals surface area contributed by atoms with Crippen LogP contribution in [0, 0.1) is 10.1 Å². The van der Waals surface area contributed by atoms with Gasteiger partial charge in [0, 0.05) is 17.8 Å². The van der Waals surface area contributed by atoms with Crippen molar-refractivity contribution in [2.75, 3.05) is 16.2 Å². The van der Waals surface area contributed by atoms with Crippen LogP contribution in [0.4, 0.5) is 17.1 Å². The Morgan fingerprint density at radius 3 is 2.33 bits per heavy atom. The predicted octanol–water partition coefficient (Wildman–Crippen LogP) is 4.08. The number of carbonyl (C=O) groups is 1. The number of para-hydroxylation sites is 1. The van der Waals surface area contributed by atoms with E-state index >= 15 is 0 Å². The third-order valence-corrected chi connectivity index (χ3v) is 6.17. The second-order valence-electron chi connectivity index (χ2n) is 6.13. The number of sulfonamides is 1. The third kappa shape index (κ3) is 4.76. The largest absolute Gasteiger partial charge is 0.324 e. The van der Waals surface area contributed by atoms with Gasteiger partial charge in [0.25, 0.3) is 15.7 Å². The van der Waals surface area contributed by atoms with Crippen molar-refractivity contribution in [3.05, 3.63) is 94.0 Å². The Morgan fingerprint density at radius 2 is 1.67 bits per heavy atom. The Labute approximate surface area is 177 Å². The van der Waals surface area contributed by atoms with Gasteiger partial charge in [-0.2, -0.15) is 0 Å². The van der Waals surface area contributed by atoms with Crippen LogP contribution in [0.5, 0.6) is 0 Å². The van der Waals surface area contributed by atoms with Crippen LogP contribution in [-0.2, 0) is 14.8 Å². The molecule has 8 nitrogen and oxygen atoms in total. The van der Waals surface area contributed by atoms with E-state index in [-0.39, 0.29) is 27.0 Å². The lowest BCUT2D eigenvalue weighted by atomic mass is 10.3. The number of nitrogens with one attached hydrogen (secondary N) is 1. The second kappa shape index (κ2) is 8.93. The second-order valence-corrected chi connectivity index (χ2v) is 8.40. The fraction of sp³-hybridized carbons (Fsp3) is 0.0500. The lowest BCUT2D eigenvalue weighted by Crippen LogP contribution is -2.38. The molecule has 0 aromatic heterocycles. The van der Waals surface area contributed by atoms with Gasteiger partial charge in [-0.1, -0.05) is 48.0 Å². The highest BCUT2D eigenvalue weighted by atomic mass is 35.5. The molecule has 0 spiro atoms. The molecule has 0 aliphatic rings. The molecule has 30 heavy (non-hydrogen) atoms. The van der Waals surface area contributed by atoms with Crippen LogP contribution in [0.2, 0.25) is 5.02 Å². The lowest BCUT2D eigenvalue weighted by molar-refractivity contribution is -0.384. The monoisotopic (exact) mass is 445 g/mol. The van der Waals surface area contributed by atoms with E-state index < -0.39 is 27.4 Å². The standard InChI is InChI=1S/C20H16ClN3O5S/c21-18-11-4-5-12-19(18)23(30(28,29)17-9-2-1-3-10-17)14-20(25)22-15-7-6-8-16(13-15)24(26)27/h1-13H,14H2,(H,22,25). The van der Waals surface area contributed by atoms with Gasteiger partial charge in [0.1, 0.15) is 6.54 Å². The topological polar surface area (TPSA) is 110 Å². The van der Waals surface area contributed by atoms with Gasteiger partial charge in [-0.05, 0) is 30.3 Å². The minimum Gasteiger partial charge on any atom is -0.324 e. The van der Waals surface area contributed by atoms with Crippen LogP contribution in [0.3, 0.4) is 0 Å². The number of anilines is 2. The molecule has 10 heteroatoms. The summed E-state index contributed by atoms with van der Waals surface area (Å²) >= 11 is 6.20. The van der Waals surface area contributed by atoms with Crippen LogP contribution < -0.4 is 9.62 Å². The molecule has 0 radical (unpaired) electrons. The van der Waals surface area contributed by atoms with Gasteiger partial charge in [-0.3, -0.25) is 19.2 Å². The van der Waals surface area contributed by atoms with Gasteiger partial charge in [0.05, 0.1) is 20.5 Å². The maximum absolute atomic E-state index is 13.2. The average molecular weight is 446 g/mol. The Bertz CT molecular complexity index is 1190. The molecule has 0 saturated heterocycles. The summed E-state index contributed by atoms with van der Waals surface area (Å²) in [4.78, 5) is 23.0. The number of amides is 1. The average Bonchev–Trinajstić information content (AvgIpc) is 2.73. The molecule has 3 rings (SSSR count). The molecule has 0 atom stereocenters. The van der Waals surface area contributed by atoms with Gasteiger partial charge in [0.15, 0.2) is 0 Å². The molecule has 0 aliphatic heterocycles. The molecular formula is C20H16ClN3O5S. The third-order valence-electron chi connectivity index (χ3n) is 4.08. The molecule has 154 valence electrons. The summed E-state index contributed by atoms with van der Waals surface area (Å²) in [6.07, 6.45) is 0. The van der Waals surface area contributed by atoms with Crippen molar-refractivity contribution in [1.82, 2.24) is 0 Å². The van der Waals surface area contributed by atoms with E-state index in [0.29, 0.717) is 0 Å². The highest BCUT2D eigenvalue weighted by Gasteiger charge is 2.28. The van der Waals surface area contributed by atoms with Crippen molar-refractivity contribution in [3.8, 4) is 0 Å². The normalized spacial score (nSPS) is 11.0. The van der Waals surface area contributed by atoms with Crippen molar-refractivity contribution in [2.24, 2.45) is 0 Å². The number of hydrogen-bond donors (Lipinski definition) is 1. The quantitative estimate of drug-likeness (QED) is 0.435. The van der Waals surface area contributed by atoms with E-state index in [0.717, 1.165) is 4.31 Å². The first-order chi connectivity index (χ1) is 14.3. The van der Waals surface area contributed by atoms with Crippen molar-refractivity contribution < 1.29 is 18.1 Å². The molecule has 1 amide bonds. The number of rotatable bonds is 7. The van der Waals surface area contributed by atoms with Crippen molar-refractivity contribution in [3.63, 3.8) is 0 Å². The number of nitro benzene ring substituents is 1. The number of benzene rings is 3. The first-order valence-electron chi connectivity index (χ1n) is 8.65. The van der Waals surface area contributed by atoms with Gasteiger partial charge in [-0.15, -0.1) is 0 Å². The summed E-state index contributed by atoms with van der Waals surface area (Å²) in [6.45, 7) is -0.580. The number of carbonyl (C=O) groups excluding carboxylic acids is 1. The number of non-ortho nitro benzene ring substituents is 1. The minimum absolute atomic E-state index is 0.00642. The SMILES string of the molecule is O=C(CN(c1ccccc1Cl)S(=O)(=O)c1ccccc1)Nc1cccc([N+](=O)[O-])c1. The fourth-order valence-electron chi connectivity index (χ4n) is 2.70. The summed E-state index contributed by atoms with van der Waals surface area (Å²) in [7, 11) is -4.11. The molecule has 0 fully saturated rings. The van der Waals surface area contributed by atoms with E-state index in [1.54, 1.807) is 30.3 Å². The molecule has 3 aromatic carbocycles. The van der Waals surface area contributed by atoms with Gasteiger partial charge in [-0.25, -0.2) is 8.42 Å². The zero-order valence-corrected chi connectivity index (χ0v) is 17.0. The first-order valence-corrected chi connectivity index (χ1v) is 10.5. The molecular weight excluding hydrogens is 430 g/mol. The Balaban J connectivity index is 1.94. The molecule has 1 N–H and O–H groups in total. The summed E-state index contributed by atoms with van der Waals surface area (Å²) < 4.78 is 27.3. The van der Waals surface area contributed by atoms with E-state index in [9.17, 15) is 23.3 Å². The number of halogens is 1. The van der Waals surface area contributed by atoms with Gasteiger partial charge in [0.2, 0.25) is 5.91 Å². The number of nitrogens with zero attached hydrogens (tertiary/aromatic N) is 2. The van der Waals surface area contributed by atoms with Crippen LogP contribution >= 0.6 is 11.6 Å². The zero-order valence-electron chi connectivity index (χ0n) is 15.4. The zero-order chi connectivity index (χ0) is 21.7. The van der Waals surface area contributed by atoms with Crippen LogP contribution in [0.25, 0.3) is 0 Å². The highest BCUT2D eigenvalue weighted by molar-refractivity contribution is 7.92. The van der Waals surface area contributed by atoms with Crippen molar-refractivity contribution in [1.29, 1.82) is 0 Å². The van der Waals surface area contributed by atoms with Crippen molar-refractivity contribution >= 4 is 44.6 Å². The van der Waals surface area contributed by atoms with Crippen molar-refractivity contribution in [2.45, 2.75) is 4.90 Å². The van der Waals surface area contributed by atoms with Gasteiger partial charge >= 0.3 is 0 Å². The fourth-order valence-corrected chi connectivity index (χ4v) is 4.45. The minimum atomic E-state index is -4.11. The van der Waals surface area contributed by atoms with Crippen LogP contribution in [-0.4, -0.2) is 25.8 Å². The van der Waals surface area contributed by atoms with E-state index in [2.05, 4.69) is 5.32 Å². The summed E-state index contributed by atoms with van der Waals surface area (Å²) in [5, 5.41) is 13.6. The number of nitro groups is 1. The van der Waals surface area contributed by atoms with E-state index in [1.165, 1.54) is 48.5 Å². The molecule has 0 saturated carbocycles. The summed E-state index contributed by atoms with van der Waals surface area (Å²) in [6, 6.07) is 19.2. The molecule has 0 heterocycles. The Morgan fingerprint density at radius 1 is 1.00 bits per heavy atom. The highest BCUT2D eigenvalue weighted by Crippen LogP contribution is 2.30. The lowest BCUT2D eigenvalue weighted by Gasteiger charge is -2.25. The maximum atomic E-state index is 13.2. The van der Waals surface area contributed by atoms with E-state index in [4.69, 9.17) is 11.6 Å². The van der Waals surface area contributed by atoms with E-state index in [1.807, 2.05) is 0 Å². The molecule has 0 unspecified atom stereocenters. The van der Waals surface area contributed by atoms with Crippen LogP contribution in [0.1, 0.15) is 0 Å². The smallest absolute Gasteiger partial charge is 0.271 e. The molecule has 3 aromatic rings. The summed E-state index contributed by atoms with van der Waals surface area (Å²) in [5.74, 6) is -0.685.